The lowest BCUT2D eigenvalue weighted by Gasteiger charge is -2.10. The Kier molecular flexibility index (Phi) is 4.53. The van der Waals surface area contributed by atoms with E-state index in [2.05, 4.69) is 15.5 Å². The number of imide groups is 1. The van der Waals surface area contributed by atoms with E-state index < -0.39 is 17.2 Å². The summed E-state index contributed by atoms with van der Waals surface area (Å²) < 4.78 is 1.53. The molecule has 1 aromatic heterocycles. The number of carbonyl (C=O) groups excluding carboxylic acids is 2. The molecule has 2 aromatic rings. The number of hydrogen-bond donors (Lipinski definition) is 2. The number of aryl methyl sites for hydroxylation is 1. The standard InChI is InChI=1S/C12H14N6O2S/c1-7-4-3-5-9(6-7)18-12(15-16-17-18)21-8(2)10(19)14-11(13)20/h3-6,8H,1-2H3,(H3,13,14,19,20)/t8-/m1/s1. The van der Waals surface area contributed by atoms with Gasteiger partial charge < -0.3 is 5.73 Å². The number of urea groups is 1. The minimum atomic E-state index is -0.884. The number of nitrogens with one attached hydrogen (secondary N) is 1. The predicted molar refractivity (Wildman–Crippen MR) is 76.9 cm³/mol. The van der Waals surface area contributed by atoms with Gasteiger partial charge in [-0.1, -0.05) is 23.9 Å². The molecule has 2 rings (SSSR count). The zero-order chi connectivity index (χ0) is 15.4. The Hall–Kier alpha value is -2.42. The molecule has 3 amide bonds. The molecule has 0 saturated carbocycles. The Morgan fingerprint density at radius 1 is 1.43 bits per heavy atom. The van der Waals surface area contributed by atoms with Gasteiger partial charge in [0, 0.05) is 0 Å². The fourth-order valence-electron chi connectivity index (χ4n) is 1.61. The van der Waals surface area contributed by atoms with Crippen LogP contribution in [0.1, 0.15) is 12.5 Å². The average molecular weight is 306 g/mol. The molecule has 0 unspecified atom stereocenters. The lowest BCUT2D eigenvalue weighted by Crippen LogP contribution is -2.39. The number of primary amides is 1. The fourth-order valence-corrected chi connectivity index (χ4v) is 2.42. The molecule has 1 atom stereocenters. The van der Waals surface area contributed by atoms with E-state index in [0.717, 1.165) is 23.0 Å². The first-order valence-electron chi connectivity index (χ1n) is 6.09. The highest BCUT2D eigenvalue weighted by atomic mass is 32.2. The van der Waals surface area contributed by atoms with Gasteiger partial charge in [0.1, 0.15) is 0 Å². The molecule has 0 bridgehead atoms. The number of hydrogen-bond acceptors (Lipinski definition) is 6. The third kappa shape index (κ3) is 3.78. The van der Waals surface area contributed by atoms with Crippen molar-refractivity contribution in [3.05, 3.63) is 29.8 Å². The van der Waals surface area contributed by atoms with Crippen LogP contribution in [0, 0.1) is 6.92 Å². The van der Waals surface area contributed by atoms with Crippen molar-refractivity contribution in [3.63, 3.8) is 0 Å². The summed E-state index contributed by atoms with van der Waals surface area (Å²) in [6.45, 7) is 3.60. The summed E-state index contributed by atoms with van der Waals surface area (Å²) in [5.41, 5.74) is 6.78. The van der Waals surface area contributed by atoms with E-state index in [9.17, 15) is 9.59 Å². The molecule has 0 fully saturated rings. The second-order valence-electron chi connectivity index (χ2n) is 4.33. The van der Waals surface area contributed by atoms with Gasteiger partial charge in [0.2, 0.25) is 11.1 Å². The summed E-state index contributed by atoms with van der Waals surface area (Å²) in [6.07, 6.45) is 0. The third-order valence-corrected chi connectivity index (χ3v) is 3.62. The molecule has 21 heavy (non-hydrogen) atoms. The average Bonchev–Trinajstić information content (AvgIpc) is 2.86. The summed E-state index contributed by atoms with van der Waals surface area (Å²) in [5, 5.41) is 13.3. The van der Waals surface area contributed by atoms with Gasteiger partial charge >= 0.3 is 6.03 Å². The maximum atomic E-state index is 11.7. The molecule has 0 spiro atoms. The van der Waals surface area contributed by atoms with E-state index in [1.165, 1.54) is 4.68 Å². The van der Waals surface area contributed by atoms with Crippen LogP contribution in [0.4, 0.5) is 4.79 Å². The lowest BCUT2D eigenvalue weighted by atomic mass is 10.2. The van der Waals surface area contributed by atoms with Gasteiger partial charge in [0.05, 0.1) is 10.9 Å². The Morgan fingerprint density at radius 3 is 2.86 bits per heavy atom. The summed E-state index contributed by atoms with van der Waals surface area (Å²) in [5.74, 6) is -0.494. The summed E-state index contributed by atoms with van der Waals surface area (Å²) >= 11 is 1.13. The number of amides is 3. The fraction of sp³-hybridized carbons (Fsp3) is 0.250. The largest absolute Gasteiger partial charge is 0.351 e. The van der Waals surface area contributed by atoms with Crippen LogP contribution in [0.25, 0.3) is 5.69 Å². The van der Waals surface area contributed by atoms with E-state index in [4.69, 9.17) is 5.73 Å². The van der Waals surface area contributed by atoms with Crippen molar-refractivity contribution >= 4 is 23.7 Å². The van der Waals surface area contributed by atoms with Crippen molar-refractivity contribution in [2.45, 2.75) is 24.3 Å². The summed E-state index contributed by atoms with van der Waals surface area (Å²) in [6, 6.07) is 6.76. The molecule has 110 valence electrons. The number of aromatic nitrogens is 4. The summed E-state index contributed by atoms with van der Waals surface area (Å²) in [4.78, 5) is 22.3. The number of tetrazole rings is 1. The van der Waals surface area contributed by atoms with Gasteiger partial charge in [-0.15, -0.1) is 5.10 Å². The second kappa shape index (κ2) is 6.35. The maximum Gasteiger partial charge on any atom is 0.318 e. The number of thioether (sulfide) groups is 1. The molecule has 1 heterocycles. The van der Waals surface area contributed by atoms with E-state index in [1.807, 2.05) is 36.5 Å². The Balaban J connectivity index is 2.17. The molecule has 0 aliphatic rings. The highest BCUT2D eigenvalue weighted by Crippen LogP contribution is 2.23. The number of nitrogens with zero attached hydrogens (tertiary/aromatic N) is 4. The van der Waals surface area contributed by atoms with Gasteiger partial charge in [-0.3, -0.25) is 10.1 Å². The molecule has 0 radical (unpaired) electrons. The molecule has 3 N–H and O–H groups in total. The molecule has 8 nitrogen and oxygen atoms in total. The lowest BCUT2D eigenvalue weighted by molar-refractivity contribution is -0.119. The van der Waals surface area contributed by atoms with Crippen molar-refractivity contribution in [3.8, 4) is 5.69 Å². The van der Waals surface area contributed by atoms with Gasteiger partial charge in [-0.25, -0.2) is 4.79 Å². The van der Waals surface area contributed by atoms with Crippen LogP contribution >= 0.6 is 11.8 Å². The van der Waals surface area contributed by atoms with E-state index in [0.29, 0.717) is 5.16 Å². The maximum absolute atomic E-state index is 11.7. The predicted octanol–water partition coefficient (Wildman–Crippen LogP) is 0.646. The first-order valence-corrected chi connectivity index (χ1v) is 6.97. The quantitative estimate of drug-likeness (QED) is 0.801. The van der Waals surface area contributed by atoms with E-state index in [-0.39, 0.29) is 0 Å². The Labute approximate surface area is 125 Å². The van der Waals surface area contributed by atoms with Crippen molar-refractivity contribution < 1.29 is 9.59 Å². The van der Waals surface area contributed by atoms with Crippen LogP contribution < -0.4 is 11.1 Å². The molecular formula is C12H14N6O2S. The SMILES string of the molecule is Cc1cccc(-n2nnnc2S[C@H](C)C(=O)NC(N)=O)c1. The number of carbonyl (C=O) groups is 2. The van der Waals surface area contributed by atoms with Crippen LogP contribution in [-0.4, -0.2) is 37.4 Å². The molecule has 0 saturated heterocycles. The highest BCUT2D eigenvalue weighted by molar-refractivity contribution is 8.00. The smallest absolute Gasteiger partial charge is 0.318 e. The third-order valence-electron chi connectivity index (χ3n) is 2.58. The van der Waals surface area contributed by atoms with Crippen molar-refractivity contribution in [1.82, 2.24) is 25.5 Å². The van der Waals surface area contributed by atoms with Crippen molar-refractivity contribution in [2.24, 2.45) is 5.73 Å². The zero-order valence-corrected chi connectivity index (χ0v) is 12.3. The Bertz CT molecular complexity index is 671. The first-order chi connectivity index (χ1) is 9.97. The molecule has 9 heteroatoms. The van der Waals surface area contributed by atoms with E-state index >= 15 is 0 Å². The van der Waals surface area contributed by atoms with Gasteiger partial charge in [0.15, 0.2) is 0 Å². The minimum Gasteiger partial charge on any atom is -0.351 e. The van der Waals surface area contributed by atoms with Crippen LogP contribution in [-0.2, 0) is 4.79 Å². The van der Waals surface area contributed by atoms with Gasteiger partial charge in [0.25, 0.3) is 0 Å². The molecule has 0 aliphatic heterocycles. The minimum absolute atomic E-state index is 0.452. The monoisotopic (exact) mass is 306 g/mol. The zero-order valence-electron chi connectivity index (χ0n) is 11.5. The number of rotatable bonds is 4. The molecular weight excluding hydrogens is 292 g/mol. The van der Waals surface area contributed by atoms with Crippen molar-refractivity contribution in [2.75, 3.05) is 0 Å². The van der Waals surface area contributed by atoms with Crippen LogP contribution in [0.15, 0.2) is 29.4 Å². The van der Waals surface area contributed by atoms with Crippen molar-refractivity contribution in [1.29, 1.82) is 0 Å². The van der Waals surface area contributed by atoms with Gasteiger partial charge in [-0.05, 0) is 42.0 Å². The topological polar surface area (TPSA) is 116 Å². The normalized spacial score (nSPS) is 11.9. The first kappa shape index (κ1) is 15.0. The van der Waals surface area contributed by atoms with Crippen LogP contribution in [0.5, 0.6) is 0 Å². The molecule has 1 aromatic carbocycles. The van der Waals surface area contributed by atoms with Gasteiger partial charge in [-0.2, -0.15) is 4.68 Å². The Morgan fingerprint density at radius 2 is 2.19 bits per heavy atom. The van der Waals surface area contributed by atoms with E-state index in [1.54, 1.807) is 6.92 Å². The number of nitrogens with two attached hydrogens (primary N) is 1. The molecule has 0 aliphatic carbocycles. The summed E-state index contributed by atoms with van der Waals surface area (Å²) in [7, 11) is 0. The second-order valence-corrected chi connectivity index (χ2v) is 5.63. The van der Waals surface area contributed by atoms with Crippen LogP contribution in [0.2, 0.25) is 0 Å². The highest BCUT2D eigenvalue weighted by Gasteiger charge is 2.20. The number of benzene rings is 1. The van der Waals surface area contributed by atoms with Crippen LogP contribution in [0.3, 0.4) is 0 Å².